The van der Waals surface area contributed by atoms with Crippen molar-refractivity contribution < 1.29 is 9.53 Å². The second kappa shape index (κ2) is 6.41. The molecule has 6 nitrogen and oxygen atoms in total. The number of anilines is 1. The number of amides is 1. The molecular weight excluding hydrogens is 312 g/mol. The minimum absolute atomic E-state index is 0.0606. The zero-order valence-electron chi connectivity index (χ0n) is 13.0. The van der Waals surface area contributed by atoms with Crippen molar-refractivity contribution in [1.82, 2.24) is 14.9 Å². The normalized spacial score (nSPS) is 22.5. The third kappa shape index (κ3) is 2.90. The van der Waals surface area contributed by atoms with Crippen LogP contribution in [0.3, 0.4) is 0 Å². The van der Waals surface area contributed by atoms with Gasteiger partial charge in [0.1, 0.15) is 17.0 Å². The van der Waals surface area contributed by atoms with Crippen LogP contribution in [0.4, 0.5) is 5.82 Å². The van der Waals surface area contributed by atoms with E-state index >= 15 is 0 Å². The smallest absolute Gasteiger partial charge is 0.227 e. The highest BCUT2D eigenvalue weighted by Crippen LogP contribution is 2.30. The number of hydrogen-bond donors (Lipinski definition) is 0. The molecule has 7 heteroatoms. The molecule has 0 bridgehead atoms. The van der Waals surface area contributed by atoms with Gasteiger partial charge in [-0.3, -0.25) is 4.79 Å². The van der Waals surface area contributed by atoms with Crippen molar-refractivity contribution in [2.24, 2.45) is 5.92 Å². The van der Waals surface area contributed by atoms with Crippen molar-refractivity contribution in [1.29, 1.82) is 0 Å². The molecule has 0 N–H and O–H groups in total. The summed E-state index contributed by atoms with van der Waals surface area (Å²) in [6.45, 7) is 4.45. The molecule has 4 rings (SSSR count). The number of hydrogen-bond acceptors (Lipinski definition) is 6. The maximum absolute atomic E-state index is 12.8. The first-order valence-corrected chi connectivity index (χ1v) is 9.00. The monoisotopic (exact) mass is 332 g/mol. The van der Waals surface area contributed by atoms with Crippen LogP contribution >= 0.6 is 11.3 Å². The zero-order valence-corrected chi connectivity index (χ0v) is 13.8. The average molecular weight is 332 g/mol. The van der Waals surface area contributed by atoms with Crippen LogP contribution in [0, 0.1) is 5.92 Å². The Balaban J connectivity index is 1.52. The fourth-order valence-electron chi connectivity index (χ4n) is 3.44. The van der Waals surface area contributed by atoms with Gasteiger partial charge in [-0.25, -0.2) is 9.97 Å². The summed E-state index contributed by atoms with van der Waals surface area (Å²) in [5.74, 6) is 1.30. The number of carbonyl (C=O) groups excluding carboxylic acids is 1. The number of rotatable bonds is 2. The predicted octanol–water partition coefficient (Wildman–Crippen LogP) is 1.77. The van der Waals surface area contributed by atoms with Crippen molar-refractivity contribution >= 4 is 33.3 Å². The topological polar surface area (TPSA) is 58.6 Å². The molecule has 0 saturated carbocycles. The fourth-order valence-corrected chi connectivity index (χ4v) is 4.17. The van der Waals surface area contributed by atoms with E-state index in [9.17, 15) is 4.79 Å². The van der Waals surface area contributed by atoms with Gasteiger partial charge in [-0.1, -0.05) is 0 Å². The second-order valence-corrected chi connectivity index (χ2v) is 6.95. The Morgan fingerprint density at radius 3 is 3.00 bits per heavy atom. The van der Waals surface area contributed by atoms with E-state index in [1.807, 2.05) is 10.3 Å². The van der Waals surface area contributed by atoms with E-state index in [-0.39, 0.29) is 11.8 Å². The lowest BCUT2D eigenvalue weighted by molar-refractivity contribution is -0.139. The van der Waals surface area contributed by atoms with Crippen LogP contribution in [0.2, 0.25) is 0 Å². The number of aromatic nitrogens is 2. The Bertz CT molecular complexity index is 698. The van der Waals surface area contributed by atoms with Gasteiger partial charge in [-0.2, -0.15) is 0 Å². The van der Waals surface area contributed by atoms with Crippen LogP contribution in [0.25, 0.3) is 10.2 Å². The summed E-state index contributed by atoms with van der Waals surface area (Å²) >= 11 is 1.63. The Morgan fingerprint density at radius 2 is 2.13 bits per heavy atom. The van der Waals surface area contributed by atoms with Crippen LogP contribution in [0.15, 0.2) is 17.8 Å². The third-order valence-corrected chi connectivity index (χ3v) is 5.45. The van der Waals surface area contributed by atoms with Crippen LogP contribution in [-0.2, 0) is 9.53 Å². The summed E-state index contributed by atoms with van der Waals surface area (Å²) in [6, 6.07) is 2.07. The fraction of sp³-hybridized carbons (Fsp3) is 0.562. The van der Waals surface area contributed by atoms with Crippen LogP contribution in [0.5, 0.6) is 0 Å². The number of piperidine rings is 1. The molecule has 1 atom stereocenters. The molecule has 0 aliphatic carbocycles. The number of carbonyl (C=O) groups is 1. The summed E-state index contributed by atoms with van der Waals surface area (Å²) in [7, 11) is 0. The molecule has 0 unspecified atom stereocenters. The summed E-state index contributed by atoms with van der Waals surface area (Å²) in [6.07, 6.45) is 3.61. The zero-order chi connectivity index (χ0) is 15.6. The van der Waals surface area contributed by atoms with Gasteiger partial charge in [0.15, 0.2) is 0 Å². The molecule has 2 aliphatic heterocycles. The number of nitrogens with zero attached hydrogens (tertiary/aromatic N) is 4. The third-order valence-electron chi connectivity index (χ3n) is 4.63. The molecule has 2 saturated heterocycles. The first-order chi connectivity index (χ1) is 11.3. The summed E-state index contributed by atoms with van der Waals surface area (Å²) < 4.78 is 5.35. The first-order valence-electron chi connectivity index (χ1n) is 8.12. The van der Waals surface area contributed by atoms with E-state index in [1.165, 1.54) is 0 Å². The Kier molecular flexibility index (Phi) is 4.13. The molecule has 2 aromatic heterocycles. The number of thiophene rings is 1. The van der Waals surface area contributed by atoms with Gasteiger partial charge in [0, 0.05) is 26.2 Å². The van der Waals surface area contributed by atoms with E-state index in [0.717, 1.165) is 55.1 Å². The highest BCUT2D eigenvalue weighted by atomic mass is 32.1. The molecule has 0 aromatic carbocycles. The van der Waals surface area contributed by atoms with Gasteiger partial charge in [0.2, 0.25) is 5.91 Å². The van der Waals surface area contributed by atoms with E-state index in [0.29, 0.717) is 13.2 Å². The van der Waals surface area contributed by atoms with Gasteiger partial charge in [0.05, 0.1) is 24.5 Å². The van der Waals surface area contributed by atoms with E-state index in [1.54, 1.807) is 17.7 Å². The van der Waals surface area contributed by atoms with Crippen molar-refractivity contribution in [3.8, 4) is 0 Å². The minimum Gasteiger partial charge on any atom is -0.378 e. The quantitative estimate of drug-likeness (QED) is 0.839. The lowest BCUT2D eigenvalue weighted by atomic mass is 9.96. The summed E-state index contributed by atoms with van der Waals surface area (Å²) in [5.41, 5.74) is 0. The summed E-state index contributed by atoms with van der Waals surface area (Å²) in [5, 5.41) is 3.14. The van der Waals surface area contributed by atoms with Crippen molar-refractivity contribution in [2.45, 2.75) is 12.8 Å². The molecule has 2 aliphatic rings. The average Bonchev–Trinajstić information content (AvgIpc) is 3.10. The van der Waals surface area contributed by atoms with Gasteiger partial charge in [-0.05, 0) is 24.3 Å². The Morgan fingerprint density at radius 1 is 1.26 bits per heavy atom. The van der Waals surface area contributed by atoms with Crippen LogP contribution < -0.4 is 4.90 Å². The Hall–Kier alpha value is -1.73. The van der Waals surface area contributed by atoms with Gasteiger partial charge >= 0.3 is 0 Å². The summed E-state index contributed by atoms with van der Waals surface area (Å²) in [4.78, 5) is 26.8. The van der Waals surface area contributed by atoms with Crippen molar-refractivity contribution in [3.05, 3.63) is 17.8 Å². The lowest BCUT2D eigenvalue weighted by Crippen LogP contribution is -2.48. The molecule has 2 fully saturated rings. The first kappa shape index (κ1) is 14.8. The SMILES string of the molecule is O=C([C@@H]1CCCN(c2ncnc3sccc23)C1)N1CCOCC1. The molecule has 4 heterocycles. The molecule has 122 valence electrons. The highest BCUT2D eigenvalue weighted by molar-refractivity contribution is 7.16. The molecular formula is C16H20N4O2S. The molecule has 2 aromatic rings. The van der Waals surface area contributed by atoms with Gasteiger partial charge in [-0.15, -0.1) is 11.3 Å². The number of morpholine rings is 1. The van der Waals surface area contributed by atoms with Crippen molar-refractivity contribution in [2.75, 3.05) is 44.3 Å². The highest BCUT2D eigenvalue weighted by Gasteiger charge is 2.31. The van der Waals surface area contributed by atoms with Gasteiger partial charge in [0.25, 0.3) is 0 Å². The number of fused-ring (bicyclic) bond motifs is 1. The maximum Gasteiger partial charge on any atom is 0.227 e. The predicted molar refractivity (Wildman–Crippen MR) is 89.8 cm³/mol. The van der Waals surface area contributed by atoms with E-state index < -0.39 is 0 Å². The van der Waals surface area contributed by atoms with Crippen LogP contribution in [0.1, 0.15) is 12.8 Å². The van der Waals surface area contributed by atoms with Crippen molar-refractivity contribution in [3.63, 3.8) is 0 Å². The lowest BCUT2D eigenvalue weighted by Gasteiger charge is -2.36. The van der Waals surface area contributed by atoms with E-state index in [4.69, 9.17) is 4.74 Å². The maximum atomic E-state index is 12.8. The molecule has 0 spiro atoms. The van der Waals surface area contributed by atoms with Crippen LogP contribution in [-0.4, -0.2) is 60.2 Å². The standard InChI is InChI=1S/C16H20N4O2S/c21-16(19-5-7-22-8-6-19)12-2-1-4-20(10-12)14-13-3-9-23-15(13)18-11-17-14/h3,9,11-12H,1-2,4-8,10H2/t12-/m1/s1. The molecule has 1 amide bonds. The molecule has 0 radical (unpaired) electrons. The minimum atomic E-state index is 0.0606. The largest absolute Gasteiger partial charge is 0.378 e. The Labute approximate surface area is 139 Å². The van der Waals surface area contributed by atoms with E-state index in [2.05, 4.69) is 20.9 Å². The number of ether oxygens (including phenoxy) is 1. The molecule has 23 heavy (non-hydrogen) atoms. The second-order valence-electron chi connectivity index (χ2n) is 6.06. The van der Waals surface area contributed by atoms with Gasteiger partial charge < -0.3 is 14.5 Å².